The van der Waals surface area contributed by atoms with Gasteiger partial charge in [0, 0.05) is 7.05 Å². The van der Waals surface area contributed by atoms with Gasteiger partial charge in [0.05, 0.1) is 11.3 Å². The molecule has 2 aromatic rings. The van der Waals surface area contributed by atoms with Gasteiger partial charge in [0.2, 0.25) is 0 Å². The maximum atomic E-state index is 12.3. The molecule has 0 spiro atoms. The van der Waals surface area contributed by atoms with Gasteiger partial charge in [-0.05, 0) is 36.7 Å². The van der Waals surface area contributed by atoms with Crippen molar-refractivity contribution < 1.29 is 24.9 Å². The number of phenolic OH excluding ortho intramolecular Hbond substituents is 2. The van der Waals surface area contributed by atoms with Gasteiger partial charge in [-0.2, -0.15) is 4.37 Å². The highest BCUT2D eigenvalue weighted by molar-refractivity contribution is 7.11. The van der Waals surface area contributed by atoms with E-state index in [1.54, 1.807) is 0 Å². The third-order valence-electron chi connectivity index (χ3n) is 2.88. The summed E-state index contributed by atoms with van der Waals surface area (Å²) in [6.45, 7) is 1.54. The number of amides is 1. The molecule has 21 heavy (non-hydrogen) atoms. The number of benzene rings is 1. The van der Waals surface area contributed by atoms with Crippen LogP contribution < -0.4 is 4.90 Å². The molecule has 1 amide bonds. The van der Waals surface area contributed by atoms with E-state index in [1.165, 1.54) is 26.1 Å². The zero-order valence-corrected chi connectivity index (χ0v) is 12.0. The topological polar surface area (TPSA) is 111 Å². The lowest BCUT2D eigenvalue weighted by atomic mass is 10.1. The van der Waals surface area contributed by atoms with Crippen molar-refractivity contribution in [2.24, 2.45) is 0 Å². The molecule has 1 heterocycles. The lowest BCUT2D eigenvalue weighted by Crippen LogP contribution is -2.27. The Morgan fingerprint density at radius 1 is 1.29 bits per heavy atom. The van der Waals surface area contributed by atoms with Crippen LogP contribution in [0.3, 0.4) is 0 Å². The highest BCUT2D eigenvalue weighted by Gasteiger charge is 2.26. The second-order valence-electron chi connectivity index (χ2n) is 4.32. The molecule has 0 saturated carbocycles. The summed E-state index contributed by atoms with van der Waals surface area (Å²) in [5.74, 6) is -2.31. The van der Waals surface area contributed by atoms with E-state index < -0.39 is 11.9 Å². The third kappa shape index (κ3) is 2.65. The second kappa shape index (κ2) is 5.41. The summed E-state index contributed by atoms with van der Waals surface area (Å²) in [6, 6.07) is 3.54. The lowest BCUT2D eigenvalue weighted by molar-refractivity contribution is 0.0697. The normalized spacial score (nSPS) is 10.4. The Morgan fingerprint density at radius 2 is 1.95 bits per heavy atom. The predicted molar refractivity (Wildman–Crippen MR) is 76.3 cm³/mol. The molecule has 0 unspecified atom stereocenters. The number of carbonyl (C=O) groups excluding carboxylic acids is 1. The molecule has 0 aliphatic rings. The summed E-state index contributed by atoms with van der Waals surface area (Å²) in [4.78, 5) is 24.7. The van der Waals surface area contributed by atoms with Crippen molar-refractivity contribution in [2.45, 2.75) is 6.92 Å². The monoisotopic (exact) mass is 308 g/mol. The van der Waals surface area contributed by atoms with E-state index in [1.807, 2.05) is 0 Å². The molecule has 0 aliphatic heterocycles. The number of aryl methyl sites for hydroxylation is 1. The molecular formula is C13H12N2O5S. The molecule has 8 heteroatoms. The van der Waals surface area contributed by atoms with E-state index >= 15 is 0 Å². The minimum atomic E-state index is -1.18. The van der Waals surface area contributed by atoms with E-state index in [-0.39, 0.29) is 27.6 Å². The highest BCUT2D eigenvalue weighted by atomic mass is 32.1. The maximum Gasteiger partial charge on any atom is 0.340 e. The molecule has 0 saturated heterocycles. The first-order chi connectivity index (χ1) is 9.82. The van der Waals surface area contributed by atoms with Gasteiger partial charge >= 0.3 is 5.97 Å². The predicted octanol–water partition coefficient (Wildman–Crippen LogP) is 1.84. The van der Waals surface area contributed by atoms with E-state index in [2.05, 4.69) is 4.37 Å². The Morgan fingerprint density at radius 3 is 2.57 bits per heavy atom. The van der Waals surface area contributed by atoms with Crippen LogP contribution in [-0.4, -0.2) is 38.6 Å². The molecular weight excluding hydrogens is 296 g/mol. The largest absolute Gasteiger partial charge is 0.508 e. The average Bonchev–Trinajstić information content (AvgIpc) is 2.81. The van der Waals surface area contributed by atoms with Gasteiger partial charge in [-0.25, -0.2) is 4.79 Å². The first-order valence-electron chi connectivity index (χ1n) is 5.82. The van der Waals surface area contributed by atoms with Gasteiger partial charge in [-0.3, -0.25) is 4.79 Å². The lowest BCUT2D eigenvalue weighted by Gasteiger charge is -2.16. The number of rotatable bonds is 3. The van der Waals surface area contributed by atoms with E-state index in [4.69, 9.17) is 0 Å². The summed E-state index contributed by atoms with van der Waals surface area (Å²) in [5.41, 5.74) is 0.123. The van der Waals surface area contributed by atoms with Gasteiger partial charge in [-0.15, -0.1) is 0 Å². The summed E-state index contributed by atoms with van der Waals surface area (Å²) in [6.07, 6.45) is 0. The number of aromatic hydroxyl groups is 2. The standard InChI is InChI=1S/C13H12N2O5S/c1-6-10(13(19)20)12(21-14-6)15(2)11(18)8-5-7(16)3-4-9(8)17/h3-5,16-17H,1-2H3,(H,19,20). The van der Waals surface area contributed by atoms with Crippen LogP contribution in [0.1, 0.15) is 26.4 Å². The number of nitrogens with zero attached hydrogens (tertiary/aromatic N) is 2. The fourth-order valence-corrected chi connectivity index (χ4v) is 2.65. The second-order valence-corrected chi connectivity index (χ2v) is 5.07. The van der Waals surface area contributed by atoms with Crippen LogP contribution in [0.4, 0.5) is 5.00 Å². The highest BCUT2D eigenvalue weighted by Crippen LogP contribution is 2.31. The summed E-state index contributed by atoms with van der Waals surface area (Å²) >= 11 is 0.876. The quantitative estimate of drug-likeness (QED) is 0.746. The van der Waals surface area contributed by atoms with Crippen LogP contribution >= 0.6 is 11.5 Å². The molecule has 3 N–H and O–H groups in total. The van der Waals surface area contributed by atoms with Gasteiger partial charge in [0.1, 0.15) is 22.1 Å². The Labute approximate surface area is 123 Å². The Balaban J connectivity index is 2.45. The molecule has 2 rings (SSSR count). The zero-order valence-electron chi connectivity index (χ0n) is 11.2. The van der Waals surface area contributed by atoms with Gasteiger partial charge < -0.3 is 20.2 Å². The number of anilines is 1. The SMILES string of the molecule is Cc1nsc(N(C)C(=O)c2cc(O)ccc2O)c1C(=O)O. The molecule has 0 radical (unpaired) electrons. The number of hydrogen-bond donors (Lipinski definition) is 3. The molecule has 7 nitrogen and oxygen atoms in total. The van der Waals surface area contributed by atoms with Crippen LogP contribution in [0.25, 0.3) is 0 Å². The minimum Gasteiger partial charge on any atom is -0.508 e. The number of aromatic carboxylic acids is 1. The zero-order chi connectivity index (χ0) is 15.7. The van der Waals surface area contributed by atoms with Crippen LogP contribution in [0.15, 0.2) is 18.2 Å². The van der Waals surface area contributed by atoms with Crippen molar-refractivity contribution in [1.82, 2.24) is 4.37 Å². The van der Waals surface area contributed by atoms with Crippen molar-refractivity contribution >= 4 is 28.4 Å². The van der Waals surface area contributed by atoms with Crippen molar-refractivity contribution in [3.63, 3.8) is 0 Å². The summed E-state index contributed by atoms with van der Waals surface area (Å²) in [7, 11) is 1.38. The minimum absolute atomic E-state index is 0.0597. The van der Waals surface area contributed by atoms with Crippen LogP contribution in [0, 0.1) is 6.92 Å². The van der Waals surface area contributed by atoms with Crippen LogP contribution in [0.2, 0.25) is 0 Å². The number of phenols is 2. The van der Waals surface area contributed by atoms with Crippen molar-refractivity contribution in [3.05, 3.63) is 35.0 Å². The number of carboxylic acid groups (broad SMARTS) is 1. The van der Waals surface area contributed by atoms with Crippen molar-refractivity contribution in [3.8, 4) is 11.5 Å². The fourth-order valence-electron chi connectivity index (χ4n) is 1.80. The molecule has 1 aromatic heterocycles. The Kier molecular flexibility index (Phi) is 3.81. The van der Waals surface area contributed by atoms with E-state index in [0.29, 0.717) is 5.69 Å². The molecule has 110 valence electrons. The molecule has 1 aromatic carbocycles. The average molecular weight is 308 g/mol. The molecule has 0 aliphatic carbocycles. The number of carboxylic acids is 1. The number of aromatic nitrogens is 1. The Bertz CT molecular complexity index is 725. The Hall–Kier alpha value is -2.61. The van der Waals surface area contributed by atoms with Gasteiger partial charge in [-0.1, -0.05) is 0 Å². The number of hydrogen-bond acceptors (Lipinski definition) is 6. The third-order valence-corrected chi connectivity index (χ3v) is 3.89. The maximum absolute atomic E-state index is 12.3. The fraction of sp³-hybridized carbons (Fsp3) is 0.154. The van der Waals surface area contributed by atoms with E-state index in [0.717, 1.165) is 22.5 Å². The first-order valence-corrected chi connectivity index (χ1v) is 6.60. The van der Waals surface area contributed by atoms with Gasteiger partial charge in [0.15, 0.2) is 0 Å². The molecule has 0 atom stereocenters. The molecule has 0 fully saturated rings. The van der Waals surface area contributed by atoms with Crippen LogP contribution in [-0.2, 0) is 0 Å². The van der Waals surface area contributed by atoms with E-state index in [9.17, 15) is 24.9 Å². The van der Waals surface area contributed by atoms with Crippen molar-refractivity contribution in [2.75, 3.05) is 11.9 Å². The number of carbonyl (C=O) groups is 2. The first kappa shape index (κ1) is 14.8. The van der Waals surface area contributed by atoms with Crippen LogP contribution in [0.5, 0.6) is 11.5 Å². The van der Waals surface area contributed by atoms with Crippen molar-refractivity contribution in [1.29, 1.82) is 0 Å². The smallest absolute Gasteiger partial charge is 0.340 e. The molecule has 0 bridgehead atoms. The summed E-state index contributed by atoms with van der Waals surface area (Å²) in [5, 5.41) is 28.4. The summed E-state index contributed by atoms with van der Waals surface area (Å²) < 4.78 is 3.93. The van der Waals surface area contributed by atoms with Gasteiger partial charge in [0.25, 0.3) is 5.91 Å².